The first-order valence-electron chi connectivity index (χ1n) is 10.1. The lowest BCUT2D eigenvalue weighted by Crippen LogP contribution is -2.26. The van der Waals surface area contributed by atoms with E-state index < -0.39 is 0 Å². The highest BCUT2D eigenvalue weighted by molar-refractivity contribution is 5.99. The van der Waals surface area contributed by atoms with Gasteiger partial charge < -0.3 is 14.6 Å². The van der Waals surface area contributed by atoms with Crippen molar-refractivity contribution in [3.05, 3.63) is 90.3 Å². The molecule has 4 heterocycles. The van der Waals surface area contributed by atoms with Gasteiger partial charge >= 0.3 is 0 Å². The number of nitrogens with zero attached hydrogens (tertiary/aromatic N) is 5. The fourth-order valence-corrected chi connectivity index (χ4v) is 4.04. The predicted molar refractivity (Wildman–Crippen MR) is 114 cm³/mol. The van der Waals surface area contributed by atoms with Gasteiger partial charge in [0.25, 0.3) is 5.91 Å². The van der Waals surface area contributed by atoms with Crippen LogP contribution in [0.15, 0.2) is 73.2 Å². The van der Waals surface area contributed by atoms with Crippen molar-refractivity contribution in [2.45, 2.75) is 25.4 Å². The Morgan fingerprint density at radius 2 is 1.83 bits per heavy atom. The zero-order valence-electron chi connectivity index (χ0n) is 16.5. The van der Waals surface area contributed by atoms with Crippen molar-refractivity contribution in [1.82, 2.24) is 24.7 Å². The van der Waals surface area contributed by atoms with Crippen LogP contribution in [0.1, 0.15) is 40.8 Å². The van der Waals surface area contributed by atoms with Gasteiger partial charge in [0.15, 0.2) is 5.69 Å². The molecule has 1 N–H and O–H groups in total. The summed E-state index contributed by atoms with van der Waals surface area (Å²) in [4.78, 5) is 28.8. The third-order valence-corrected chi connectivity index (χ3v) is 5.45. The number of benzene rings is 1. The predicted octanol–water partition coefficient (Wildman–Crippen LogP) is 3.40. The van der Waals surface area contributed by atoms with Gasteiger partial charge in [0, 0.05) is 31.7 Å². The number of rotatable bonds is 5. The van der Waals surface area contributed by atoms with Gasteiger partial charge in [-0.05, 0) is 36.6 Å². The van der Waals surface area contributed by atoms with Crippen molar-refractivity contribution < 1.29 is 4.79 Å². The summed E-state index contributed by atoms with van der Waals surface area (Å²) in [7, 11) is 0. The summed E-state index contributed by atoms with van der Waals surface area (Å²) in [5, 5.41) is 3.00. The van der Waals surface area contributed by atoms with Crippen LogP contribution >= 0.6 is 0 Å². The van der Waals surface area contributed by atoms with Crippen LogP contribution in [0.3, 0.4) is 0 Å². The second kappa shape index (κ2) is 7.94. The average Bonchev–Trinajstić information content (AvgIpc) is 3.44. The number of aromatic nitrogens is 4. The van der Waals surface area contributed by atoms with E-state index in [-0.39, 0.29) is 11.9 Å². The highest BCUT2D eigenvalue weighted by Gasteiger charge is 2.32. The molecule has 1 saturated heterocycles. The van der Waals surface area contributed by atoms with Crippen LogP contribution in [0, 0.1) is 0 Å². The van der Waals surface area contributed by atoms with E-state index in [0.29, 0.717) is 18.2 Å². The minimum Gasteiger partial charge on any atom is -0.347 e. The SMILES string of the molecule is O=C(NCc1ccccc1)c1nc([C@@H]2CCCN2c2ncccn2)n2ccccc12. The second-order valence-electron chi connectivity index (χ2n) is 7.34. The fraction of sp³-hybridized carbons (Fsp3) is 0.217. The lowest BCUT2D eigenvalue weighted by atomic mass is 10.2. The van der Waals surface area contributed by atoms with Gasteiger partial charge in [0.05, 0.1) is 11.6 Å². The highest BCUT2D eigenvalue weighted by Crippen LogP contribution is 2.34. The number of carbonyl (C=O) groups excluding carboxylic acids is 1. The van der Waals surface area contributed by atoms with E-state index in [0.717, 1.165) is 36.3 Å². The molecule has 0 unspecified atom stereocenters. The zero-order valence-corrected chi connectivity index (χ0v) is 16.5. The van der Waals surface area contributed by atoms with Crippen molar-refractivity contribution in [3.8, 4) is 0 Å². The van der Waals surface area contributed by atoms with Crippen molar-refractivity contribution in [3.63, 3.8) is 0 Å². The molecule has 1 atom stereocenters. The monoisotopic (exact) mass is 398 g/mol. The molecule has 0 aliphatic carbocycles. The number of imidazole rings is 1. The van der Waals surface area contributed by atoms with Gasteiger partial charge in [-0.1, -0.05) is 36.4 Å². The zero-order chi connectivity index (χ0) is 20.3. The summed E-state index contributed by atoms with van der Waals surface area (Å²) < 4.78 is 2.02. The highest BCUT2D eigenvalue weighted by atomic mass is 16.1. The Balaban J connectivity index is 1.47. The molecule has 150 valence electrons. The maximum Gasteiger partial charge on any atom is 0.272 e. The molecule has 4 aromatic rings. The fourth-order valence-electron chi connectivity index (χ4n) is 4.04. The molecule has 1 aromatic carbocycles. The van der Waals surface area contributed by atoms with E-state index in [1.807, 2.05) is 65.2 Å². The summed E-state index contributed by atoms with van der Waals surface area (Å²) in [6.07, 6.45) is 7.44. The molecule has 1 aliphatic rings. The van der Waals surface area contributed by atoms with Gasteiger partial charge in [-0.3, -0.25) is 4.79 Å². The first kappa shape index (κ1) is 18.3. The topological polar surface area (TPSA) is 75.4 Å². The van der Waals surface area contributed by atoms with E-state index in [4.69, 9.17) is 4.98 Å². The largest absolute Gasteiger partial charge is 0.347 e. The molecular formula is C23H22N6O. The Morgan fingerprint density at radius 3 is 2.67 bits per heavy atom. The van der Waals surface area contributed by atoms with E-state index >= 15 is 0 Å². The first-order valence-corrected chi connectivity index (χ1v) is 10.1. The smallest absolute Gasteiger partial charge is 0.272 e. The summed E-state index contributed by atoms with van der Waals surface area (Å²) in [5.74, 6) is 1.37. The van der Waals surface area contributed by atoms with Crippen molar-refractivity contribution in [2.24, 2.45) is 0 Å². The molecule has 5 rings (SSSR count). The third-order valence-electron chi connectivity index (χ3n) is 5.45. The maximum atomic E-state index is 13.0. The third kappa shape index (κ3) is 3.39. The van der Waals surface area contributed by atoms with E-state index in [2.05, 4.69) is 20.2 Å². The summed E-state index contributed by atoms with van der Waals surface area (Å²) in [6.45, 7) is 1.33. The van der Waals surface area contributed by atoms with Gasteiger partial charge in [-0.15, -0.1) is 0 Å². The van der Waals surface area contributed by atoms with Crippen LogP contribution in [0.4, 0.5) is 5.95 Å². The minimum absolute atomic E-state index is 0.0259. The normalized spacial score (nSPS) is 16.1. The number of anilines is 1. The summed E-state index contributed by atoms with van der Waals surface area (Å²) in [6, 6.07) is 17.5. The summed E-state index contributed by atoms with van der Waals surface area (Å²) in [5.41, 5.74) is 2.30. The van der Waals surface area contributed by atoms with Crippen LogP contribution < -0.4 is 10.2 Å². The van der Waals surface area contributed by atoms with Gasteiger partial charge in [0.1, 0.15) is 5.82 Å². The van der Waals surface area contributed by atoms with Crippen molar-refractivity contribution in [1.29, 1.82) is 0 Å². The molecule has 30 heavy (non-hydrogen) atoms. The Labute approximate surface area is 174 Å². The molecule has 0 radical (unpaired) electrons. The molecule has 1 amide bonds. The minimum atomic E-state index is -0.172. The quantitative estimate of drug-likeness (QED) is 0.558. The van der Waals surface area contributed by atoms with E-state index in [1.54, 1.807) is 12.4 Å². The molecule has 0 spiro atoms. The van der Waals surface area contributed by atoms with Crippen LogP contribution in [-0.2, 0) is 6.54 Å². The van der Waals surface area contributed by atoms with Gasteiger partial charge in [0.2, 0.25) is 5.95 Å². The number of pyridine rings is 1. The molecule has 3 aromatic heterocycles. The Bertz CT molecular complexity index is 1160. The Kier molecular flexibility index (Phi) is 4.85. The van der Waals surface area contributed by atoms with Crippen LogP contribution in [-0.4, -0.2) is 31.8 Å². The molecule has 0 saturated carbocycles. The molecule has 0 bridgehead atoms. The van der Waals surface area contributed by atoms with Crippen LogP contribution in [0.2, 0.25) is 0 Å². The number of hydrogen-bond donors (Lipinski definition) is 1. The lowest BCUT2D eigenvalue weighted by molar-refractivity contribution is 0.0948. The number of carbonyl (C=O) groups is 1. The number of nitrogens with one attached hydrogen (secondary N) is 1. The molecule has 7 heteroatoms. The number of hydrogen-bond acceptors (Lipinski definition) is 5. The molecule has 1 fully saturated rings. The second-order valence-corrected chi connectivity index (χ2v) is 7.34. The molecule has 1 aliphatic heterocycles. The first-order chi connectivity index (χ1) is 14.8. The van der Waals surface area contributed by atoms with Gasteiger partial charge in [-0.2, -0.15) is 0 Å². The van der Waals surface area contributed by atoms with Gasteiger partial charge in [-0.25, -0.2) is 15.0 Å². The molecular weight excluding hydrogens is 376 g/mol. The maximum absolute atomic E-state index is 13.0. The van der Waals surface area contributed by atoms with Crippen LogP contribution in [0.25, 0.3) is 5.52 Å². The van der Waals surface area contributed by atoms with Crippen LogP contribution in [0.5, 0.6) is 0 Å². The van der Waals surface area contributed by atoms with E-state index in [9.17, 15) is 4.79 Å². The Morgan fingerprint density at radius 1 is 1.03 bits per heavy atom. The number of fused-ring (bicyclic) bond motifs is 1. The van der Waals surface area contributed by atoms with Crippen molar-refractivity contribution >= 4 is 17.4 Å². The molecule has 7 nitrogen and oxygen atoms in total. The Hall–Kier alpha value is -3.74. The lowest BCUT2D eigenvalue weighted by Gasteiger charge is -2.23. The van der Waals surface area contributed by atoms with Crippen molar-refractivity contribution in [2.75, 3.05) is 11.4 Å². The standard InChI is InChI=1S/C23H22N6O/c30-22(26-16-17-8-2-1-3-9-17)20-18-10-4-5-14-28(18)21(27-20)19-11-6-15-29(19)23-24-12-7-13-25-23/h1-5,7-10,12-14,19H,6,11,15-16H2,(H,26,30)/t19-/m0/s1. The number of amides is 1. The average molecular weight is 398 g/mol. The summed E-state index contributed by atoms with van der Waals surface area (Å²) >= 11 is 0. The van der Waals surface area contributed by atoms with E-state index in [1.165, 1.54) is 0 Å².